The number of hydrogen-bond donors (Lipinski definition) is 1. The van der Waals surface area contributed by atoms with E-state index in [2.05, 4.69) is 33.0 Å². The Balaban J connectivity index is 1.23. The summed E-state index contributed by atoms with van der Waals surface area (Å²) < 4.78 is 4.56. The van der Waals surface area contributed by atoms with Crippen molar-refractivity contribution >= 4 is 50.7 Å². The molecule has 1 unspecified atom stereocenters. The molecule has 0 fully saturated rings. The minimum atomic E-state index is -0.398. The number of thiophene rings is 1. The van der Waals surface area contributed by atoms with Gasteiger partial charge in [-0.1, -0.05) is 94.1 Å². The van der Waals surface area contributed by atoms with E-state index in [1.807, 2.05) is 54.6 Å². The van der Waals surface area contributed by atoms with Gasteiger partial charge in [-0.15, -0.1) is 11.3 Å². The SMILES string of the molecule is Cc1c(-n2c(SCC(=O)Nc3sc4c(c3C(=O)c3ccc(C(C)(C)C)cc3)CCC(C)C4)nc3ccccc3c2=O)c(=O)n(-c2ccccc2)n1C. The highest BCUT2D eigenvalue weighted by Crippen LogP contribution is 2.41. The quantitative estimate of drug-likeness (QED) is 0.0981. The second-order valence-electron chi connectivity index (χ2n) is 14.5. The van der Waals surface area contributed by atoms with Crippen LogP contribution in [0, 0.1) is 12.8 Å². The summed E-state index contributed by atoms with van der Waals surface area (Å²) in [4.78, 5) is 62.0. The van der Waals surface area contributed by atoms with Gasteiger partial charge >= 0.3 is 0 Å². The lowest BCUT2D eigenvalue weighted by Gasteiger charge is -2.20. The lowest BCUT2D eigenvalue weighted by molar-refractivity contribution is -0.113. The van der Waals surface area contributed by atoms with Crippen molar-refractivity contribution in [3.63, 3.8) is 0 Å². The number of nitrogens with one attached hydrogen (secondary N) is 1. The van der Waals surface area contributed by atoms with Crippen molar-refractivity contribution in [3.05, 3.63) is 132 Å². The predicted octanol–water partition coefficient (Wildman–Crippen LogP) is 7.63. The normalized spacial score (nSPS) is 14.4. The highest BCUT2D eigenvalue weighted by Gasteiger charge is 2.30. The lowest BCUT2D eigenvalue weighted by Crippen LogP contribution is -2.28. The largest absolute Gasteiger partial charge is 0.316 e. The van der Waals surface area contributed by atoms with Gasteiger partial charge in [0.2, 0.25) is 5.91 Å². The van der Waals surface area contributed by atoms with Crippen LogP contribution in [0.5, 0.6) is 0 Å². The van der Waals surface area contributed by atoms with E-state index in [9.17, 15) is 19.2 Å². The standard InChI is InChI=1S/C41H41N5O4S2/c1-24-16-21-30-32(22-24)52-37(34(30)36(48)26-17-19-27(20-18-26)41(3,4)5)43-33(47)23-51-40-42-31-15-11-10-14-29(31)38(49)45(40)35-25(2)44(6)46(39(35)50)28-12-8-7-9-13-28/h7-15,17-20,24H,16,21-23H2,1-6H3,(H,43,47). The Kier molecular flexibility index (Phi) is 9.43. The molecule has 3 heterocycles. The molecule has 0 aliphatic heterocycles. The average molecular weight is 732 g/mol. The molecule has 3 aromatic heterocycles. The summed E-state index contributed by atoms with van der Waals surface area (Å²) in [6.45, 7) is 10.4. The van der Waals surface area contributed by atoms with Gasteiger partial charge in [-0.05, 0) is 72.9 Å². The zero-order valence-corrected chi connectivity index (χ0v) is 31.8. The van der Waals surface area contributed by atoms with Crippen LogP contribution in [0.4, 0.5) is 5.00 Å². The van der Waals surface area contributed by atoms with Crippen LogP contribution >= 0.6 is 23.1 Å². The summed E-state index contributed by atoms with van der Waals surface area (Å²) in [5.74, 6) is -0.0527. The molecule has 0 saturated carbocycles. The van der Waals surface area contributed by atoms with Crippen LogP contribution in [0.1, 0.15) is 71.7 Å². The maximum absolute atomic E-state index is 14.1. The van der Waals surface area contributed by atoms with Crippen molar-refractivity contribution in [1.82, 2.24) is 18.9 Å². The number of carbonyl (C=O) groups is 2. The Morgan fingerprint density at radius 2 is 1.65 bits per heavy atom. The van der Waals surface area contributed by atoms with Crippen molar-refractivity contribution in [2.24, 2.45) is 13.0 Å². The van der Waals surface area contributed by atoms with Gasteiger partial charge in [-0.2, -0.15) is 0 Å². The van der Waals surface area contributed by atoms with Crippen molar-refractivity contribution in [1.29, 1.82) is 0 Å². The van der Waals surface area contributed by atoms with Gasteiger partial charge in [0.05, 0.1) is 33.6 Å². The third kappa shape index (κ3) is 6.47. The molecule has 52 heavy (non-hydrogen) atoms. The highest BCUT2D eigenvalue weighted by atomic mass is 32.2. The van der Waals surface area contributed by atoms with E-state index in [1.165, 1.54) is 20.6 Å². The first-order valence-corrected chi connectivity index (χ1v) is 19.2. The Labute approximate surface area is 310 Å². The smallest absolute Gasteiger partial charge is 0.296 e. The third-order valence-corrected chi connectivity index (χ3v) is 11.9. The number of ketones is 1. The molecule has 1 aliphatic carbocycles. The molecular formula is C41H41N5O4S2. The Hall–Kier alpha value is -5.00. The summed E-state index contributed by atoms with van der Waals surface area (Å²) >= 11 is 2.56. The van der Waals surface area contributed by atoms with Crippen LogP contribution in [0.2, 0.25) is 0 Å². The predicted molar refractivity (Wildman–Crippen MR) is 210 cm³/mol. The van der Waals surface area contributed by atoms with E-state index in [-0.39, 0.29) is 39.3 Å². The number of amides is 1. The van der Waals surface area contributed by atoms with Gasteiger partial charge in [0.15, 0.2) is 10.9 Å². The zero-order chi connectivity index (χ0) is 36.9. The van der Waals surface area contributed by atoms with Gasteiger partial charge in [-0.25, -0.2) is 14.2 Å². The first-order valence-electron chi connectivity index (χ1n) is 17.4. The molecule has 3 aromatic carbocycles. The van der Waals surface area contributed by atoms with E-state index in [1.54, 1.807) is 42.9 Å². The lowest BCUT2D eigenvalue weighted by atomic mass is 9.85. The summed E-state index contributed by atoms with van der Waals surface area (Å²) in [7, 11) is 1.77. The minimum absolute atomic E-state index is 0.0432. The maximum atomic E-state index is 14.1. The van der Waals surface area contributed by atoms with Gasteiger partial charge in [0, 0.05) is 17.5 Å². The second-order valence-corrected chi connectivity index (χ2v) is 16.6. The molecule has 1 aliphatic rings. The molecule has 1 amide bonds. The van der Waals surface area contributed by atoms with Crippen LogP contribution in [0.15, 0.2) is 93.6 Å². The number of hydrogen-bond acceptors (Lipinski definition) is 7. The van der Waals surface area contributed by atoms with Crippen LogP contribution in [-0.2, 0) is 30.1 Å². The van der Waals surface area contributed by atoms with E-state index in [4.69, 9.17) is 4.98 Å². The summed E-state index contributed by atoms with van der Waals surface area (Å²) in [5.41, 5.74) is 4.35. The minimum Gasteiger partial charge on any atom is -0.316 e. The summed E-state index contributed by atoms with van der Waals surface area (Å²) in [6, 6.07) is 24.0. The molecule has 266 valence electrons. The van der Waals surface area contributed by atoms with Crippen molar-refractivity contribution in [3.8, 4) is 11.4 Å². The third-order valence-electron chi connectivity index (χ3n) is 9.83. The number of nitrogens with zero attached hydrogens (tertiary/aromatic N) is 4. The Morgan fingerprint density at radius 3 is 2.37 bits per heavy atom. The van der Waals surface area contributed by atoms with Gasteiger partial charge < -0.3 is 5.32 Å². The van der Waals surface area contributed by atoms with E-state index >= 15 is 0 Å². The number of thioether (sulfide) groups is 1. The average Bonchev–Trinajstić information content (AvgIpc) is 3.58. The molecule has 0 saturated heterocycles. The topological polar surface area (TPSA) is 108 Å². The first kappa shape index (κ1) is 35.4. The molecule has 7 rings (SSSR count). The Bertz CT molecular complexity index is 2470. The van der Waals surface area contributed by atoms with Gasteiger partial charge in [0.1, 0.15) is 10.7 Å². The number of fused-ring (bicyclic) bond motifs is 2. The number of rotatable bonds is 8. The molecule has 9 nitrogen and oxygen atoms in total. The molecule has 0 spiro atoms. The fourth-order valence-corrected chi connectivity index (χ4v) is 9.08. The summed E-state index contributed by atoms with van der Waals surface area (Å²) in [5, 5.41) is 4.19. The fourth-order valence-electron chi connectivity index (χ4n) is 6.86. The van der Waals surface area contributed by atoms with Gasteiger partial charge in [0.25, 0.3) is 11.1 Å². The Morgan fingerprint density at radius 1 is 0.962 bits per heavy atom. The van der Waals surface area contributed by atoms with Crippen LogP contribution in [0.3, 0.4) is 0 Å². The molecule has 1 N–H and O–H groups in total. The number of para-hydroxylation sites is 2. The van der Waals surface area contributed by atoms with E-state index < -0.39 is 5.56 Å². The molecule has 0 radical (unpaired) electrons. The van der Waals surface area contributed by atoms with Crippen molar-refractivity contribution in [2.45, 2.75) is 64.5 Å². The van der Waals surface area contributed by atoms with Crippen LogP contribution in [0.25, 0.3) is 22.3 Å². The second kappa shape index (κ2) is 13.9. The van der Waals surface area contributed by atoms with E-state index in [0.29, 0.717) is 44.3 Å². The van der Waals surface area contributed by atoms with Crippen molar-refractivity contribution < 1.29 is 9.59 Å². The number of benzene rings is 3. The van der Waals surface area contributed by atoms with Crippen LogP contribution < -0.4 is 16.4 Å². The molecule has 0 bridgehead atoms. The number of anilines is 1. The van der Waals surface area contributed by atoms with Crippen molar-refractivity contribution in [2.75, 3.05) is 11.1 Å². The highest BCUT2D eigenvalue weighted by molar-refractivity contribution is 7.99. The maximum Gasteiger partial charge on any atom is 0.296 e. The van der Waals surface area contributed by atoms with E-state index in [0.717, 1.165) is 47.0 Å². The first-order chi connectivity index (χ1) is 24.8. The molecule has 6 aromatic rings. The number of carbonyl (C=O) groups excluding carboxylic acids is 2. The fraction of sp³-hybridized carbons (Fsp3) is 0.293. The van der Waals surface area contributed by atoms with Gasteiger partial charge in [-0.3, -0.25) is 23.9 Å². The molecule has 1 atom stereocenters. The summed E-state index contributed by atoms with van der Waals surface area (Å²) in [6.07, 6.45) is 2.62. The monoisotopic (exact) mass is 731 g/mol. The molecule has 11 heteroatoms. The zero-order valence-electron chi connectivity index (χ0n) is 30.1. The molecular weight excluding hydrogens is 691 g/mol. The number of aromatic nitrogens is 4. The van der Waals surface area contributed by atoms with Crippen LogP contribution in [-0.4, -0.2) is 36.4 Å².